The van der Waals surface area contributed by atoms with Crippen LogP contribution in [0, 0.1) is 0 Å². The zero-order valence-corrected chi connectivity index (χ0v) is 16.0. The van der Waals surface area contributed by atoms with Crippen LogP contribution >= 0.6 is 0 Å². The first-order chi connectivity index (χ1) is 13.6. The van der Waals surface area contributed by atoms with Gasteiger partial charge in [0.1, 0.15) is 5.65 Å². The molecule has 2 aromatic heterocycles. The van der Waals surface area contributed by atoms with E-state index in [-0.39, 0.29) is 17.5 Å². The van der Waals surface area contributed by atoms with Gasteiger partial charge < -0.3 is 9.88 Å². The van der Waals surface area contributed by atoms with Crippen molar-refractivity contribution in [2.75, 3.05) is 20.1 Å². The summed E-state index contributed by atoms with van der Waals surface area (Å²) in [4.78, 5) is 36.1. The molecule has 0 atom stereocenters. The summed E-state index contributed by atoms with van der Waals surface area (Å²) in [6.45, 7) is 2.85. The summed E-state index contributed by atoms with van der Waals surface area (Å²) in [5.41, 5.74) is 1.87. The van der Waals surface area contributed by atoms with Crippen LogP contribution in [-0.4, -0.2) is 51.9 Å². The minimum absolute atomic E-state index is 0.120. The van der Waals surface area contributed by atoms with Gasteiger partial charge in [-0.25, -0.2) is 4.98 Å². The first kappa shape index (κ1) is 18.4. The number of likely N-dealkylation sites (tertiary alicyclic amines) is 1. The van der Waals surface area contributed by atoms with Crippen molar-refractivity contribution in [2.45, 2.75) is 25.4 Å². The molecule has 28 heavy (non-hydrogen) atoms. The van der Waals surface area contributed by atoms with Crippen molar-refractivity contribution in [1.29, 1.82) is 0 Å². The van der Waals surface area contributed by atoms with Gasteiger partial charge in [0.25, 0.3) is 5.91 Å². The van der Waals surface area contributed by atoms with Crippen LogP contribution in [0.4, 0.5) is 0 Å². The van der Waals surface area contributed by atoms with Gasteiger partial charge in [-0.05, 0) is 30.5 Å². The predicted octanol–water partition coefficient (Wildman–Crippen LogP) is 2.66. The van der Waals surface area contributed by atoms with Gasteiger partial charge in [-0.2, -0.15) is 0 Å². The second-order valence-electron chi connectivity index (χ2n) is 7.36. The van der Waals surface area contributed by atoms with Crippen molar-refractivity contribution < 1.29 is 4.79 Å². The van der Waals surface area contributed by atoms with E-state index in [0.717, 1.165) is 32.5 Å². The van der Waals surface area contributed by atoms with Gasteiger partial charge in [0.05, 0.1) is 5.56 Å². The molecule has 0 spiro atoms. The van der Waals surface area contributed by atoms with Crippen molar-refractivity contribution in [3.63, 3.8) is 0 Å². The zero-order valence-electron chi connectivity index (χ0n) is 16.0. The van der Waals surface area contributed by atoms with Gasteiger partial charge in [0.2, 0.25) is 5.56 Å². The van der Waals surface area contributed by atoms with Crippen molar-refractivity contribution in [3.05, 3.63) is 76.2 Å². The molecule has 1 fully saturated rings. The first-order valence-electron chi connectivity index (χ1n) is 9.63. The third kappa shape index (κ3) is 3.82. The minimum Gasteiger partial charge on any atom is -0.339 e. The summed E-state index contributed by atoms with van der Waals surface area (Å²) in [5.74, 6) is -0.120. The van der Waals surface area contributed by atoms with Crippen molar-refractivity contribution in [3.8, 4) is 0 Å². The summed E-state index contributed by atoms with van der Waals surface area (Å²) in [6, 6.07) is 15.6. The van der Waals surface area contributed by atoms with Crippen molar-refractivity contribution in [2.24, 2.45) is 0 Å². The highest BCUT2D eigenvalue weighted by atomic mass is 16.2. The maximum absolute atomic E-state index is 13.1. The molecule has 1 aliphatic rings. The smallest absolute Gasteiger partial charge is 0.254 e. The second kappa shape index (κ2) is 7.94. The number of fused-ring (bicyclic) bond motifs is 1. The quantitative estimate of drug-likeness (QED) is 0.760. The Morgan fingerprint density at radius 1 is 1.18 bits per heavy atom. The molecule has 1 saturated heterocycles. The topological polar surface area (TPSA) is 69.3 Å². The summed E-state index contributed by atoms with van der Waals surface area (Å²) in [7, 11) is 1.84. The average molecular weight is 376 g/mol. The maximum atomic E-state index is 13.1. The first-order valence-corrected chi connectivity index (χ1v) is 9.63. The molecule has 0 radical (unpaired) electrons. The number of rotatable bonds is 4. The second-order valence-corrected chi connectivity index (χ2v) is 7.36. The Bertz CT molecular complexity index is 1020. The summed E-state index contributed by atoms with van der Waals surface area (Å²) in [6.07, 6.45) is 3.46. The van der Waals surface area contributed by atoms with Gasteiger partial charge >= 0.3 is 0 Å². The van der Waals surface area contributed by atoms with Gasteiger partial charge in [0.15, 0.2) is 0 Å². The summed E-state index contributed by atoms with van der Waals surface area (Å²) in [5, 5.41) is 0.681. The fourth-order valence-electron chi connectivity index (χ4n) is 3.92. The Labute approximate surface area is 163 Å². The number of hydrogen-bond donors (Lipinski definition) is 1. The third-order valence-electron chi connectivity index (χ3n) is 5.52. The van der Waals surface area contributed by atoms with Crippen molar-refractivity contribution >= 4 is 16.9 Å². The molecule has 0 bridgehead atoms. The van der Waals surface area contributed by atoms with Gasteiger partial charge in [-0.1, -0.05) is 30.3 Å². The van der Waals surface area contributed by atoms with E-state index in [1.54, 1.807) is 17.2 Å². The van der Waals surface area contributed by atoms with Gasteiger partial charge in [0, 0.05) is 50.4 Å². The van der Waals surface area contributed by atoms with E-state index in [4.69, 9.17) is 0 Å². The Kier molecular flexibility index (Phi) is 5.21. The molecule has 1 N–H and O–H groups in total. The lowest BCUT2D eigenvalue weighted by atomic mass is 10.0. The molecule has 0 saturated carbocycles. The van der Waals surface area contributed by atoms with E-state index in [1.165, 1.54) is 11.6 Å². The molecule has 1 amide bonds. The lowest BCUT2D eigenvalue weighted by Gasteiger charge is -2.37. The molecule has 0 unspecified atom stereocenters. The molecule has 4 rings (SSSR count). The number of hydrogen-bond acceptors (Lipinski definition) is 4. The average Bonchev–Trinajstić information content (AvgIpc) is 2.73. The van der Waals surface area contributed by atoms with E-state index in [1.807, 2.05) is 19.2 Å². The summed E-state index contributed by atoms with van der Waals surface area (Å²) >= 11 is 0. The molecular weight excluding hydrogens is 352 g/mol. The number of nitrogens with zero attached hydrogens (tertiary/aromatic N) is 3. The molecule has 1 aromatic carbocycles. The van der Waals surface area contributed by atoms with Crippen LogP contribution in [-0.2, 0) is 6.54 Å². The minimum atomic E-state index is -0.305. The van der Waals surface area contributed by atoms with E-state index in [0.29, 0.717) is 16.6 Å². The number of aromatic amines is 1. The van der Waals surface area contributed by atoms with Crippen LogP contribution in [0.2, 0.25) is 0 Å². The number of piperidine rings is 1. The highest BCUT2D eigenvalue weighted by Crippen LogP contribution is 2.21. The van der Waals surface area contributed by atoms with Crippen LogP contribution in [0.5, 0.6) is 0 Å². The fraction of sp³-hybridized carbons (Fsp3) is 0.318. The molecule has 0 aliphatic carbocycles. The van der Waals surface area contributed by atoms with Crippen LogP contribution in [0.25, 0.3) is 11.0 Å². The molecule has 1 aliphatic heterocycles. The number of carbonyl (C=O) groups is 1. The Morgan fingerprint density at radius 2 is 1.93 bits per heavy atom. The van der Waals surface area contributed by atoms with Crippen LogP contribution in [0.1, 0.15) is 28.8 Å². The molecular formula is C22H24N4O2. The lowest BCUT2D eigenvalue weighted by molar-refractivity contribution is 0.0638. The highest BCUT2D eigenvalue weighted by molar-refractivity contribution is 6.05. The van der Waals surface area contributed by atoms with Crippen LogP contribution in [0.15, 0.2) is 59.5 Å². The van der Waals surface area contributed by atoms with Gasteiger partial charge in [-0.3, -0.25) is 14.5 Å². The van der Waals surface area contributed by atoms with Gasteiger partial charge in [-0.15, -0.1) is 0 Å². The SMILES string of the molecule is CN(C(=O)c1cc(=O)[nH]c2ncccc12)C1CCN(Cc2ccccc2)CC1. The van der Waals surface area contributed by atoms with Crippen LogP contribution in [0.3, 0.4) is 0 Å². The van der Waals surface area contributed by atoms with E-state index in [9.17, 15) is 9.59 Å². The number of pyridine rings is 2. The Hall–Kier alpha value is -2.99. The number of benzene rings is 1. The summed E-state index contributed by atoms with van der Waals surface area (Å²) < 4.78 is 0. The van der Waals surface area contributed by atoms with Crippen molar-refractivity contribution in [1.82, 2.24) is 19.8 Å². The number of H-pyrrole nitrogens is 1. The fourth-order valence-corrected chi connectivity index (χ4v) is 3.92. The predicted molar refractivity (Wildman–Crippen MR) is 109 cm³/mol. The Balaban J connectivity index is 1.45. The molecule has 3 heterocycles. The molecule has 6 nitrogen and oxygen atoms in total. The standard InChI is InChI=1S/C22H24N4O2/c1-25(17-9-12-26(13-10-17)15-16-6-3-2-4-7-16)22(28)19-14-20(27)24-21-18(19)8-5-11-23-21/h2-8,11,14,17H,9-10,12-13,15H2,1H3,(H,23,24,27). The third-order valence-corrected chi connectivity index (χ3v) is 5.52. The Morgan fingerprint density at radius 3 is 2.68 bits per heavy atom. The van der Waals surface area contributed by atoms with E-state index in [2.05, 4.69) is 39.1 Å². The lowest BCUT2D eigenvalue weighted by Crippen LogP contribution is -2.45. The number of amides is 1. The largest absolute Gasteiger partial charge is 0.339 e. The molecule has 144 valence electrons. The maximum Gasteiger partial charge on any atom is 0.254 e. The zero-order chi connectivity index (χ0) is 19.5. The normalized spacial score (nSPS) is 15.6. The van der Waals surface area contributed by atoms with E-state index >= 15 is 0 Å². The number of aromatic nitrogens is 2. The molecule has 6 heteroatoms. The number of carbonyl (C=O) groups excluding carboxylic acids is 1. The monoisotopic (exact) mass is 376 g/mol. The van der Waals surface area contributed by atoms with E-state index < -0.39 is 0 Å². The highest BCUT2D eigenvalue weighted by Gasteiger charge is 2.27. The number of nitrogens with one attached hydrogen (secondary N) is 1. The van der Waals surface area contributed by atoms with Crippen LogP contribution < -0.4 is 5.56 Å². The molecule has 3 aromatic rings.